The summed E-state index contributed by atoms with van der Waals surface area (Å²) in [5, 5.41) is 7.91. The van der Waals surface area contributed by atoms with Crippen LogP contribution in [0.15, 0.2) is 54.6 Å². The van der Waals surface area contributed by atoms with Gasteiger partial charge in [0.05, 0.1) is 5.52 Å². The second kappa shape index (κ2) is 5.02. The second-order valence-corrected chi connectivity index (χ2v) is 4.37. The average molecular weight is 251 g/mol. The Kier molecular flexibility index (Phi) is 3.06. The van der Waals surface area contributed by atoms with Crippen LogP contribution in [0.4, 0.5) is 0 Å². The third kappa shape index (κ3) is 2.38. The van der Waals surface area contributed by atoms with Crippen molar-refractivity contribution in [2.45, 2.75) is 12.8 Å². The molecule has 4 heteroatoms. The summed E-state index contributed by atoms with van der Waals surface area (Å²) >= 11 is 0. The van der Waals surface area contributed by atoms with E-state index in [4.69, 9.17) is 0 Å². The molecular weight excluding hydrogens is 238 g/mol. The molecule has 0 saturated heterocycles. The van der Waals surface area contributed by atoms with Gasteiger partial charge in [0.1, 0.15) is 5.52 Å². The topological polar surface area (TPSA) is 47.8 Å². The van der Waals surface area contributed by atoms with Crippen LogP contribution in [0, 0.1) is 0 Å². The van der Waals surface area contributed by atoms with Crippen LogP contribution in [0.5, 0.6) is 0 Å². The van der Waals surface area contributed by atoms with E-state index in [1.54, 1.807) is 0 Å². The fourth-order valence-corrected chi connectivity index (χ4v) is 2.05. The SMILES string of the molecule is O=C(CCc1ccccc1)n1nnc2ccccc21. The highest BCUT2D eigenvalue weighted by Crippen LogP contribution is 2.11. The van der Waals surface area contributed by atoms with Crippen molar-refractivity contribution in [2.24, 2.45) is 0 Å². The molecule has 3 aromatic rings. The van der Waals surface area contributed by atoms with Crippen LogP contribution in [0.1, 0.15) is 16.8 Å². The minimum atomic E-state index is -0.0300. The number of rotatable bonds is 3. The lowest BCUT2D eigenvalue weighted by molar-refractivity contribution is 0.0890. The molecule has 0 N–H and O–H groups in total. The minimum Gasteiger partial charge on any atom is -0.272 e. The number of hydrogen-bond donors (Lipinski definition) is 0. The Bertz CT molecular complexity index is 703. The summed E-state index contributed by atoms with van der Waals surface area (Å²) in [4.78, 5) is 12.2. The molecular formula is C15H13N3O. The normalized spacial score (nSPS) is 10.7. The van der Waals surface area contributed by atoms with E-state index in [0.29, 0.717) is 12.8 Å². The lowest BCUT2D eigenvalue weighted by atomic mass is 10.1. The highest BCUT2D eigenvalue weighted by atomic mass is 16.2. The van der Waals surface area contributed by atoms with Crippen molar-refractivity contribution in [1.82, 2.24) is 15.0 Å². The van der Waals surface area contributed by atoms with Gasteiger partial charge in [-0.15, -0.1) is 5.10 Å². The van der Waals surface area contributed by atoms with Crippen LogP contribution in [0.3, 0.4) is 0 Å². The number of carbonyl (C=O) groups is 1. The summed E-state index contributed by atoms with van der Waals surface area (Å²) in [6, 6.07) is 17.4. The van der Waals surface area contributed by atoms with Crippen LogP contribution >= 0.6 is 0 Å². The summed E-state index contributed by atoms with van der Waals surface area (Å²) in [6.07, 6.45) is 1.14. The fourth-order valence-electron chi connectivity index (χ4n) is 2.05. The van der Waals surface area contributed by atoms with Gasteiger partial charge in [-0.05, 0) is 24.1 Å². The molecule has 1 aromatic heterocycles. The van der Waals surface area contributed by atoms with Crippen LogP contribution < -0.4 is 0 Å². The van der Waals surface area contributed by atoms with Gasteiger partial charge in [0.15, 0.2) is 0 Å². The lowest BCUT2D eigenvalue weighted by Gasteiger charge is -2.01. The van der Waals surface area contributed by atoms with Gasteiger partial charge in [-0.25, -0.2) is 0 Å². The molecule has 0 bridgehead atoms. The number of fused-ring (bicyclic) bond motifs is 1. The fraction of sp³-hybridized carbons (Fsp3) is 0.133. The van der Waals surface area contributed by atoms with E-state index in [9.17, 15) is 4.79 Å². The maximum atomic E-state index is 12.2. The predicted octanol–water partition coefficient (Wildman–Crippen LogP) is 2.70. The van der Waals surface area contributed by atoms with Gasteiger partial charge in [-0.3, -0.25) is 4.79 Å². The third-order valence-electron chi connectivity index (χ3n) is 3.06. The molecule has 0 aliphatic heterocycles. The monoisotopic (exact) mass is 251 g/mol. The Balaban J connectivity index is 1.77. The van der Waals surface area contributed by atoms with E-state index in [0.717, 1.165) is 16.6 Å². The third-order valence-corrected chi connectivity index (χ3v) is 3.06. The van der Waals surface area contributed by atoms with Crippen molar-refractivity contribution >= 4 is 16.9 Å². The quantitative estimate of drug-likeness (QED) is 0.719. The van der Waals surface area contributed by atoms with Gasteiger partial charge in [0.2, 0.25) is 5.91 Å². The van der Waals surface area contributed by atoms with Gasteiger partial charge in [-0.1, -0.05) is 47.7 Å². The van der Waals surface area contributed by atoms with Gasteiger partial charge >= 0.3 is 0 Å². The molecule has 19 heavy (non-hydrogen) atoms. The lowest BCUT2D eigenvalue weighted by Crippen LogP contribution is -2.13. The van der Waals surface area contributed by atoms with Crippen molar-refractivity contribution in [2.75, 3.05) is 0 Å². The number of hydrogen-bond acceptors (Lipinski definition) is 3. The standard InChI is InChI=1S/C15H13N3O/c19-15(11-10-12-6-2-1-3-7-12)18-14-9-5-4-8-13(14)16-17-18/h1-9H,10-11H2. The molecule has 0 spiro atoms. The first-order valence-corrected chi connectivity index (χ1v) is 6.22. The number of para-hydroxylation sites is 1. The Morgan fingerprint density at radius 1 is 1.00 bits per heavy atom. The van der Waals surface area contributed by atoms with E-state index in [1.165, 1.54) is 4.68 Å². The zero-order valence-corrected chi connectivity index (χ0v) is 10.4. The summed E-state index contributed by atoms with van der Waals surface area (Å²) < 4.78 is 1.39. The van der Waals surface area contributed by atoms with E-state index < -0.39 is 0 Å². The first-order chi connectivity index (χ1) is 9.34. The molecule has 0 fully saturated rings. The summed E-state index contributed by atoms with van der Waals surface area (Å²) in [5.41, 5.74) is 2.66. The summed E-state index contributed by atoms with van der Waals surface area (Å²) in [5.74, 6) is -0.0300. The molecule has 0 aliphatic rings. The molecule has 0 saturated carbocycles. The van der Waals surface area contributed by atoms with Gasteiger partial charge in [0, 0.05) is 6.42 Å². The molecule has 4 nitrogen and oxygen atoms in total. The van der Waals surface area contributed by atoms with Gasteiger partial charge in [-0.2, -0.15) is 4.68 Å². The molecule has 0 amide bonds. The molecule has 1 heterocycles. The van der Waals surface area contributed by atoms with Gasteiger partial charge < -0.3 is 0 Å². The number of benzene rings is 2. The minimum absolute atomic E-state index is 0.0300. The second-order valence-electron chi connectivity index (χ2n) is 4.37. The molecule has 0 unspecified atom stereocenters. The number of aromatic nitrogens is 3. The Morgan fingerprint density at radius 2 is 1.74 bits per heavy atom. The molecule has 0 atom stereocenters. The average Bonchev–Trinajstić information content (AvgIpc) is 2.90. The number of carbonyl (C=O) groups excluding carboxylic acids is 1. The Labute approximate surface area is 110 Å². The zero-order chi connectivity index (χ0) is 13.1. The summed E-state index contributed by atoms with van der Waals surface area (Å²) in [7, 11) is 0. The molecule has 0 aliphatic carbocycles. The van der Waals surface area contributed by atoms with Crippen LogP contribution in [-0.4, -0.2) is 20.9 Å². The summed E-state index contributed by atoms with van der Waals surface area (Å²) in [6.45, 7) is 0. The number of aryl methyl sites for hydroxylation is 1. The highest BCUT2D eigenvalue weighted by Gasteiger charge is 2.11. The van der Waals surface area contributed by atoms with E-state index >= 15 is 0 Å². The maximum absolute atomic E-state index is 12.2. The van der Waals surface area contributed by atoms with Crippen LogP contribution in [0.2, 0.25) is 0 Å². The molecule has 2 aromatic carbocycles. The smallest absolute Gasteiger partial charge is 0.249 e. The predicted molar refractivity (Wildman–Crippen MR) is 72.9 cm³/mol. The van der Waals surface area contributed by atoms with Crippen molar-refractivity contribution in [3.8, 4) is 0 Å². The van der Waals surface area contributed by atoms with Crippen molar-refractivity contribution in [1.29, 1.82) is 0 Å². The first kappa shape index (κ1) is 11.6. The molecule has 0 radical (unpaired) electrons. The van der Waals surface area contributed by atoms with E-state index in [2.05, 4.69) is 10.3 Å². The molecule has 3 rings (SSSR count). The van der Waals surface area contributed by atoms with Crippen molar-refractivity contribution in [3.05, 3.63) is 60.2 Å². The van der Waals surface area contributed by atoms with Crippen molar-refractivity contribution < 1.29 is 4.79 Å². The highest BCUT2D eigenvalue weighted by molar-refractivity contribution is 5.88. The number of nitrogens with zero attached hydrogens (tertiary/aromatic N) is 3. The largest absolute Gasteiger partial charge is 0.272 e. The molecule has 94 valence electrons. The van der Waals surface area contributed by atoms with E-state index in [-0.39, 0.29) is 5.91 Å². The van der Waals surface area contributed by atoms with Gasteiger partial charge in [0.25, 0.3) is 0 Å². The van der Waals surface area contributed by atoms with E-state index in [1.807, 2.05) is 54.6 Å². The van der Waals surface area contributed by atoms with Crippen LogP contribution in [0.25, 0.3) is 11.0 Å². The zero-order valence-electron chi connectivity index (χ0n) is 10.4. The Morgan fingerprint density at radius 3 is 2.58 bits per heavy atom. The van der Waals surface area contributed by atoms with Crippen molar-refractivity contribution in [3.63, 3.8) is 0 Å². The Hall–Kier alpha value is -2.49. The maximum Gasteiger partial charge on any atom is 0.249 e. The van der Waals surface area contributed by atoms with Crippen LogP contribution in [-0.2, 0) is 6.42 Å². The first-order valence-electron chi connectivity index (χ1n) is 6.22.